The van der Waals surface area contributed by atoms with Crippen molar-refractivity contribution in [3.63, 3.8) is 0 Å². The van der Waals surface area contributed by atoms with Crippen LogP contribution in [0.15, 0.2) is 77.3 Å². The molecule has 6 rings (SSSR count). The Hall–Kier alpha value is -3.52. The SMILES string of the molecule is CC(=O)Nc1ccc(S(=O)(=O)N2C=C(c3ccccc3)C3C(=O)C(=O)C4C5CCCC(C)C5=CCC4C32)cc1. The van der Waals surface area contributed by atoms with Crippen LogP contribution in [0, 0.1) is 29.6 Å². The molecule has 202 valence electrons. The number of ketones is 2. The fraction of sp³-hybridized carbons (Fsp3) is 0.387. The molecular weight excluding hydrogens is 512 g/mol. The second-order valence-electron chi connectivity index (χ2n) is 11.3. The highest BCUT2D eigenvalue weighted by Gasteiger charge is 2.60. The number of Topliss-reactive ketones (excluding diaryl/α,β-unsaturated/α-hetero) is 2. The molecule has 0 aromatic heterocycles. The zero-order chi connectivity index (χ0) is 27.5. The van der Waals surface area contributed by atoms with Gasteiger partial charge in [0.15, 0.2) is 0 Å². The van der Waals surface area contributed by atoms with E-state index in [2.05, 4.69) is 18.3 Å². The average molecular weight is 545 g/mol. The highest BCUT2D eigenvalue weighted by Crippen LogP contribution is 2.55. The summed E-state index contributed by atoms with van der Waals surface area (Å²) in [4.78, 5) is 39.2. The molecule has 0 spiro atoms. The van der Waals surface area contributed by atoms with E-state index >= 15 is 0 Å². The van der Waals surface area contributed by atoms with Gasteiger partial charge in [-0.3, -0.25) is 18.7 Å². The summed E-state index contributed by atoms with van der Waals surface area (Å²) in [6.45, 7) is 3.57. The molecular formula is C31H32N2O5S. The Morgan fingerprint density at radius 1 is 0.974 bits per heavy atom. The molecule has 6 atom stereocenters. The molecule has 7 nitrogen and oxygen atoms in total. The fourth-order valence-electron chi connectivity index (χ4n) is 7.36. The summed E-state index contributed by atoms with van der Waals surface area (Å²) in [6.07, 6.45) is 7.30. The lowest BCUT2D eigenvalue weighted by Gasteiger charge is -2.49. The second-order valence-corrected chi connectivity index (χ2v) is 13.1. The number of allylic oxidation sites excluding steroid dienone is 2. The van der Waals surface area contributed by atoms with Crippen LogP contribution in [0.4, 0.5) is 5.69 Å². The van der Waals surface area contributed by atoms with E-state index in [-0.39, 0.29) is 28.4 Å². The van der Waals surface area contributed by atoms with Gasteiger partial charge < -0.3 is 5.32 Å². The first kappa shape index (κ1) is 25.7. The lowest BCUT2D eigenvalue weighted by Crippen LogP contribution is -2.58. The number of rotatable bonds is 4. The number of sulfonamides is 1. The number of amides is 1. The minimum Gasteiger partial charge on any atom is -0.326 e. The van der Waals surface area contributed by atoms with Crippen LogP contribution < -0.4 is 5.32 Å². The van der Waals surface area contributed by atoms with Gasteiger partial charge in [-0.05, 0) is 72.4 Å². The van der Waals surface area contributed by atoms with Gasteiger partial charge in [-0.1, -0.05) is 55.3 Å². The first-order valence-corrected chi connectivity index (χ1v) is 15.1. The fourth-order valence-corrected chi connectivity index (χ4v) is 8.94. The zero-order valence-corrected chi connectivity index (χ0v) is 22.9. The van der Waals surface area contributed by atoms with Crippen molar-refractivity contribution in [2.45, 2.75) is 50.5 Å². The van der Waals surface area contributed by atoms with Crippen molar-refractivity contribution in [1.29, 1.82) is 0 Å². The Balaban J connectivity index is 1.46. The minimum absolute atomic E-state index is 0.00725. The molecule has 1 N–H and O–H groups in total. The Morgan fingerprint density at radius 2 is 1.69 bits per heavy atom. The van der Waals surface area contributed by atoms with Gasteiger partial charge in [-0.25, -0.2) is 8.42 Å². The lowest BCUT2D eigenvalue weighted by atomic mass is 9.56. The van der Waals surface area contributed by atoms with Crippen LogP contribution in [0.25, 0.3) is 5.57 Å². The van der Waals surface area contributed by atoms with Crippen molar-refractivity contribution >= 4 is 38.8 Å². The summed E-state index contributed by atoms with van der Waals surface area (Å²) in [7, 11) is -4.07. The molecule has 8 heteroatoms. The summed E-state index contributed by atoms with van der Waals surface area (Å²) in [5.74, 6) is -2.33. The van der Waals surface area contributed by atoms with E-state index < -0.39 is 33.7 Å². The first-order chi connectivity index (χ1) is 18.7. The summed E-state index contributed by atoms with van der Waals surface area (Å²) < 4.78 is 29.7. The third-order valence-electron chi connectivity index (χ3n) is 9.03. The maximum Gasteiger partial charge on any atom is 0.264 e. The molecule has 39 heavy (non-hydrogen) atoms. The van der Waals surface area contributed by atoms with E-state index in [4.69, 9.17) is 0 Å². The molecule has 0 bridgehead atoms. The van der Waals surface area contributed by atoms with Crippen LogP contribution in [-0.4, -0.2) is 36.2 Å². The van der Waals surface area contributed by atoms with Gasteiger partial charge in [-0.2, -0.15) is 0 Å². The van der Waals surface area contributed by atoms with Gasteiger partial charge in [0.05, 0.1) is 16.9 Å². The van der Waals surface area contributed by atoms with Crippen LogP contribution in [0.2, 0.25) is 0 Å². The van der Waals surface area contributed by atoms with Crippen molar-refractivity contribution in [1.82, 2.24) is 4.31 Å². The van der Waals surface area contributed by atoms with E-state index in [9.17, 15) is 22.8 Å². The van der Waals surface area contributed by atoms with Crippen LogP contribution >= 0.6 is 0 Å². The normalized spacial score (nSPS) is 30.1. The molecule has 2 saturated carbocycles. The monoisotopic (exact) mass is 544 g/mol. The molecule has 0 saturated heterocycles. The van der Waals surface area contributed by atoms with E-state index in [1.54, 1.807) is 18.3 Å². The molecule has 1 aliphatic heterocycles. The number of nitrogens with one attached hydrogen (secondary N) is 1. The van der Waals surface area contributed by atoms with Gasteiger partial charge in [-0.15, -0.1) is 0 Å². The minimum atomic E-state index is -4.07. The number of hydrogen-bond donors (Lipinski definition) is 1. The third-order valence-corrected chi connectivity index (χ3v) is 10.8. The third kappa shape index (κ3) is 4.16. The van der Waals surface area contributed by atoms with Gasteiger partial charge in [0.25, 0.3) is 10.0 Å². The van der Waals surface area contributed by atoms with Gasteiger partial charge in [0.1, 0.15) is 0 Å². The standard InChI is InChI=1S/C31H32N2O5S/c1-18-7-6-10-24-23(18)15-16-25-27(24)30(35)31(36)28-26(20-8-4-3-5-9-20)17-33(29(25)28)39(37,38)22-13-11-21(12-14-22)32-19(2)34/h3-5,8-9,11-15,17-18,24-25,27-29H,6-7,10,16H2,1-2H3,(H,32,34). The molecule has 4 aliphatic rings. The van der Waals surface area contributed by atoms with E-state index in [1.807, 2.05) is 30.3 Å². The lowest BCUT2D eigenvalue weighted by molar-refractivity contribution is -0.148. The van der Waals surface area contributed by atoms with Gasteiger partial charge in [0.2, 0.25) is 17.5 Å². The molecule has 0 radical (unpaired) electrons. The Bertz CT molecular complexity index is 1510. The number of benzene rings is 2. The number of carbonyl (C=O) groups excluding carboxylic acids is 3. The maximum atomic E-state index is 14.2. The number of nitrogens with zero attached hydrogens (tertiary/aromatic N) is 1. The largest absolute Gasteiger partial charge is 0.326 e. The number of carbonyl (C=O) groups is 3. The van der Waals surface area contributed by atoms with Crippen molar-refractivity contribution in [3.05, 3.63) is 78.0 Å². The highest BCUT2D eigenvalue weighted by atomic mass is 32.2. The number of hydrogen-bond acceptors (Lipinski definition) is 5. The average Bonchev–Trinajstić information content (AvgIpc) is 3.34. The van der Waals surface area contributed by atoms with Crippen molar-refractivity contribution in [2.24, 2.45) is 29.6 Å². The zero-order valence-electron chi connectivity index (χ0n) is 22.0. The van der Waals surface area contributed by atoms with Crippen LogP contribution in [0.5, 0.6) is 0 Å². The predicted molar refractivity (Wildman–Crippen MR) is 148 cm³/mol. The molecule has 3 aliphatic carbocycles. The van der Waals surface area contributed by atoms with Crippen LogP contribution in [0.3, 0.4) is 0 Å². The highest BCUT2D eigenvalue weighted by molar-refractivity contribution is 7.89. The number of fused-ring (bicyclic) bond motifs is 5. The van der Waals surface area contributed by atoms with E-state index in [0.717, 1.165) is 24.8 Å². The molecule has 2 aromatic carbocycles. The van der Waals surface area contributed by atoms with Crippen LogP contribution in [-0.2, 0) is 24.4 Å². The first-order valence-electron chi connectivity index (χ1n) is 13.6. The molecule has 1 amide bonds. The van der Waals surface area contributed by atoms with Gasteiger partial charge >= 0.3 is 0 Å². The quantitative estimate of drug-likeness (QED) is 0.439. The van der Waals surface area contributed by atoms with Crippen molar-refractivity contribution in [3.8, 4) is 0 Å². The van der Waals surface area contributed by atoms with E-state index in [0.29, 0.717) is 23.6 Å². The molecule has 6 unspecified atom stereocenters. The Kier molecular flexibility index (Phi) is 6.33. The predicted octanol–water partition coefficient (Wildman–Crippen LogP) is 4.83. The summed E-state index contributed by atoms with van der Waals surface area (Å²) >= 11 is 0. The van der Waals surface area contributed by atoms with E-state index in [1.165, 1.54) is 28.9 Å². The summed E-state index contributed by atoms with van der Waals surface area (Å²) in [5, 5.41) is 2.66. The number of anilines is 1. The maximum absolute atomic E-state index is 14.2. The summed E-state index contributed by atoms with van der Waals surface area (Å²) in [6, 6.07) is 14.6. The summed E-state index contributed by atoms with van der Waals surface area (Å²) in [5.41, 5.74) is 3.07. The molecule has 1 heterocycles. The Morgan fingerprint density at radius 3 is 2.38 bits per heavy atom. The molecule has 2 fully saturated rings. The van der Waals surface area contributed by atoms with Crippen molar-refractivity contribution < 1.29 is 22.8 Å². The van der Waals surface area contributed by atoms with Crippen LogP contribution in [0.1, 0.15) is 45.1 Å². The topological polar surface area (TPSA) is 101 Å². The van der Waals surface area contributed by atoms with Gasteiger partial charge in [0, 0.05) is 24.7 Å². The van der Waals surface area contributed by atoms with Crippen molar-refractivity contribution in [2.75, 3.05) is 5.32 Å². The smallest absolute Gasteiger partial charge is 0.264 e. The Labute approximate surface area is 229 Å². The molecule has 2 aromatic rings. The second kappa shape index (κ2) is 9.59.